The summed E-state index contributed by atoms with van der Waals surface area (Å²) in [4.78, 5) is 37.6. The van der Waals surface area contributed by atoms with Crippen molar-refractivity contribution < 1.29 is 27.6 Å². The number of carbonyl (C=O) groups excluding carboxylic acids is 1. The zero-order chi connectivity index (χ0) is 46.4. The number of hydrogen-bond donors (Lipinski definition) is 3. The van der Waals surface area contributed by atoms with Gasteiger partial charge in [-0.3, -0.25) is 19.8 Å². The molecular weight excluding hydrogens is 878 g/mol. The van der Waals surface area contributed by atoms with Gasteiger partial charge in [0.2, 0.25) is 5.75 Å². The van der Waals surface area contributed by atoms with E-state index in [9.17, 15) is 23.3 Å². The minimum atomic E-state index is -4.63. The molecule has 3 N–H and O–H groups in total. The van der Waals surface area contributed by atoms with Gasteiger partial charge in [-0.2, -0.15) is 0 Å². The molecule has 1 atom stereocenters. The van der Waals surface area contributed by atoms with Gasteiger partial charge in [-0.15, -0.1) is 0 Å². The number of allylic oxidation sites excluding steroid dienone is 1. The van der Waals surface area contributed by atoms with Crippen molar-refractivity contribution in [3.8, 4) is 17.2 Å². The SMILES string of the molecule is CC1(C)CCC(C[C@@H]2CNc3cc(S(=O)(=O)NC(=O)c4ccc(N5CCN(CC6=C(c7ccc(Cl)cc7)CC(C)(C)CC6)CC5)cc4Oc4cnc5[nH]ccc5c4)cc([N+](=O)[O-])c3O2)CC1. The number of aromatic amines is 1. The number of nitrogens with zero attached hydrogens (tertiary/aromatic N) is 4. The van der Waals surface area contributed by atoms with E-state index in [0.29, 0.717) is 29.3 Å². The first-order valence-corrected chi connectivity index (χ1v) is 24.8. The van der Waals surface area contributed by atoms with Gasteiger partial charge in [0.1, 0.15) is 23.3 Å². The molecule has 14 nitrogen and oxygen atoms in total. The molecular formula is C50H58ClN7O7S. The van der Waals surface area contributed by atoms with Gasteiger partial charge in [-0.1, -0.05) is 57.0 Å². The van der Waals surface area contributed by atoms with E-state index in [2.05, 4.69) is 69.6 Å². The van der Waals surface area contributed by atoms with Crippen molar-refractivity contribution in [2.75, 3.05) is 49.5 Å². The number of pyridine rings is 1. The van der Waals surface area contributed by atoms with E-state index in [4.69, 9.17) is 21.1 Å². The average molecular weight is 937 g/mol. The molecule has 16 heteroatoms. The van der Waals surface area contributed by atoms with Gasteiger partial charge in [-0.05, 0) is 122 Å². The first-order chi connectivity index (χ1) is 31.5. The Kier molecular flexibility index (Phi) is 12.6. The lowest BCUT2D eigenvalue weighted by Gasteiger charge is -2.39. The van der Waals surface area contributed by atoms with Crippen LogP contribution in [-0.4, -0.2) is 79.5 Å². The molecule has 2 aliphatic heterocycles. The average Bonchev–Trinajstić information content (AvgIpc) is 3.76. The standard InChI is InChI=1S/C50H58ClN7O7S/c1-49(2)15-11-32(12-16-49)23-38-29-53-43-26-40(27-44(58(60)61)46(43)65-38)66(62,63)55-48(59)41-10-9-37(25-45(41)64-39-24-34-14-18-52-47(34)54-30-39)57-21-19-56(20-22-57)31-35-13-17-50(3,4)28-42(35)33-5-7-36(51)8-6-33/h5-10,14,18,24-27,30,32,38,53H,11-13,15-17,19-23,28-29,31H2,1-4H3,(H,52,54)(H,55,59)/t38-/m1/s1. The Balaban J connectivity index is 0.929. The van der Waals surface area contributed by atoms with Crippen LogP contribution in [0.3, 0.4) is 0 Å². The van der Waals surface area contributed by atoms with Crippen LogP contribution in [-0.2, 0) is 10.0 Å². The summed E-state index contributed by atoms with van der Waals surface area (Å²) >= 11 is 6.25. The second kappa shape index (κ2) is 18.2. The van der Waals surface area contributed by atoms with Crippen LogP contribution in [0.4, 0.5) is 17.1 Å². The molecule has 66 heavy (non-hydrogen) atoms. The van der Waals surface area contributed by atoms with Crippen molar-refractivity contribution >= 4 is 61.2 Å². The second-order valence-electron chi connectivity index (χ2n) is 20.0. The maximum Gasteiger partial charge on any atom is 0.314 e. The van der Waals surface area contributed by atoms with Gasteiger partial charge in [0.25, 0.3) is 15.9 Å². The number of nitro groups is 1. The van der Waals surface area contributed by atoms with E-state index in [1.165, 1.54) is 29.0 Å². The number of ether oxygens (including phenoxy) is 2. The zero-order valence-electron chi connectivity index (χ0n) is 38.0. The Labute approximate surface area is 391 Å². The lowest BCUT2D eigenvalue weighted by atomic mass is 9.72. The number of carbonyl (C=O) groups is 1. The number of fused-ring (bicyclic) bond motifs is 2. The molecule has 3 aromatic carbocycles. The summed E-state index contributed by atoms with van der Waals surface area (Å²) in [5, 5.41) is 17.1. The molecule has 4 heterocycles. The molecule has 2 aromatic heterocycles. The Bertz CT molecular complexity index is 2790. The molecule has 2 aliphatic carbocycles. The fourth-order valence-electron chi connectivity index (χ4n) is 9.98. The third-order valence-electron chi connectivity index (χ3n) is 14.0. The van der Waals surface area contributed by atoms with Crippen LogP contribution in [0, 0.1) is 26.9 Å². The molecule has 2 fully saturated rings. The molecule has 9 rings (SSSR count). The number of halogens is 1. The highest BCUT2D eigenvalue weighted by atomic mass is 35.5. The summed E-state index contributed by atoms with van der Waals surface area (Å²) in [6, 6.07) is 19.1. The molecule has 0 spiro atoms. The number of nitrogens with one attached hydrogen (secondary N) is 3. The first-order valence-electron chi connectivity index (χ1n) is 23.0. The molecule has 1 saturated carbocycles. The number of piperazine rings is 1. The van der Waals surface area contributed by atoms with E-state index in [1.54, 1.807) is 30.5 Å². The maximum atomic E-state index is 14.1. The number of amides is 1. The van der Waals surface area contributed by atoms with Gasteiger partial charge >= 0.3 is 5.69 Å². The summed E-state index contributed by atoms with van der Waals surface area (Å²) in [6.45, 7) is 13.6. The molecule has 5 aromatic rings. The van der Waals surface area contributed by atoms with Gasteiger partial charge in [0, 0.05) is 67.1 Å². The molecule has 0 radical (unpaired) electrons. The summed E-state index contributed by atoms with van der Waals surface area (Å²) < 4.78 is 42.7. The summed E-state index contributed by atoms with van der Waals surface area (Å²) in [6.07, 6.45) is 11.3. The normalized spacial score (nSPS) is 20.0. The number of benzene rings is 3. The maximum absolute atomic E-state index is 14.1. The number of hydrogen-bond acceptors (Lipinski definition) is 11. The van der Waals surface area contributed by atoms with Crippen molar-refractivity contribution in [1.29, 1.82) is 0 Å². The number of rotatable bonds is 12. The van der Waals surface area contributed by atoms with Crippen molar-refractivity contribution in [3.05, 3.63) is 111 Å². The highest BCUT2D eigenvalue weighted by molar-refractivity contribution is 7.90. The molecule has 4 aliphatic rings. The van der Waals surface area contributed by atoms with Gasteiger partial charge in [0.15, 0.2) is 0 Å². The van der Waals surface area contributed by atoms with Crippen molar-refractivity contribution in [3.63, 3.8) is 0 Å². The Morgan fingerprint density at radius 3 is 2.48 bits per heavy atom. The number of sulfonamides is 1. The Morgan fingerprint density at radius 1 is 0.985 bits per heavy atom. The lowest BCUT2D eigenvalue weighted by Crippen LogP contribution is -2.47. The molecule has 348 valence electrons. The van der Waals surface area contributed by atoms with E-state index < -0.39 is 31.4 Å². The Hall–Kier alpha value is -5.64. The zero-order valence-corrected chi connectivity index (χ0v) is 39.6. The van der Waals surface area contributed by atoms with Gasteiger partial charge in [0.05, 0.1) is 33.8 Å². The van der Waals surface area contributed by atoms with Crippen molar-refractivity contribution in [2.45, 2.75) is 90.1 Å². The molecule has 1 amide bonds. The highest BCUT2D eigenvalue weighted by Gasteiger charge is 2.35. The van der Waals surface area contributed by atoms with E-state index in [1.807, 2.05) is 18.2 Å². The fourth-order valence-corrected chi connectivity index (χ4v) is 11.1. The van der Waals surface area contributed by atoms with Crippen LogP contribution in [0.1, 0.15) is 95.0 Å². The fraction of sp³-hybridized carbons (Fsp3) is 0.440. The third-order valence-corrected chi connectivity index (χ3v) is 15.5. The Morgan fingerprint density at radius 2 is 1.74 bits per heavy atom. The smallest absolute Gasteiger partial charge is 0.314 e. The largest absolute Gasteiger partial charge is 0.480 e. The minimum Gasteiger partial charge on any atom is -0.480 e. The van der Waals surface area contributed by atoms with Gasteiger partial charge < -0.3 is 24.7 Å². The second-order valence-corrected chi connectivity index (χ2v) is 22.2. The third kappa shape index (κ3) is 10.2. The first kappa shape index (κ1) is 45.5. The number of anilines is 2. The molecule has 0 unspecified atom stereocenters. The van der Waals surface area contributed by atoms with Gasteiger partial charge in [-0.25, -0.2) is 18.1 Å². The van der Waals surface area contributed by atoms with E-state index in [0.717, 1.165) is 106 Å². The number of aromatic nitrogens is 2. The van der Waals surface area contributed by atoms with Crippen LogP contribution in [0.15, 0.2) is 89.6 Å². The van der Waals surface area contributed by atoms with E-state index in [-0.39, 0.29) is 34.3 Å². The quantitative estimate of drug-likeness (QED) is 0.0803. The summed E-state index contributed by atoms with van der Waals surface area (Å²) in [5.41, 5.74) is 5.75. The van der Waals surface area contributed by atoms with Crippen molar-refractivity contribution in [2.24, 2.45) is 16.7 Å². The van der Waals surface area contributed by atoms with Crippen LogP contribution >= 0.6 is 11.6 Å². The predicted octanol–water partition coefficient (Wildman–Crippen LogP) is 10.6. The van der Waals surface area contributed by atoms with Crippen molar-refractivity contribution in [1.82, 2.24) is 19.6 Å². The van der Waals surface area contributed by atoms with Crippen LogP contribution < -0.4 is 24.4 Å². The van der Waals surface area contributed by atoms with Crippen LogP contribution in [0.25, 0.3) is 16.6 Å². The summed E-state index contributed by atoms with van der Waals surface area (Å²) in [7, 11) is -4.63. The minimum absolute atomic E-state index is 0.00409. The topological polar surface area (TPSA) is 172 Å². The number of H-pyrrole nitrogens is 1. The lowest BCUT2D eigenvalue weighted by molar-refractivity contribution is -0.386. The highest BCUT2D eigenvalue weighted by Crippen LogP contribution is 2.45. The molecule has 0 bridgehead atoms. The van der Waals surface area contributed by atoms with E-state index >= 15 is 0 Å². The predicted molar refractivity (Wildman–Crippen MR) is 258 cm³/mol. The monoisotopic (exact) mass is 935 g/mol. The summed E-state index contributed by atoms with van der Waals surface area (Å²) in [5.74, 6) is -0.0446. The van der Waals surface area contributed by atoms with Crippen LogP contribution in [0.2, 0.25) is 5.02 Å². The number of nitro benzene ring substituents is 1. The molecule has 1 saturated heterocycles. The van der Waals surface area contributed by atoms with Crippen LogP contribution in [0.5, 0.6) is 17.2 Å².